The molecule has 0 saturated heterocycles. The number of fused-ring (bicyclic) bond motifs is 1. The van der Waals surface area contributed by atoms with Gasteiger partial charge < -0.3 is 19.9 Å². The second kappa shape index (κ2) is 6.76. The van der Waals surface area contributed by atoms with Crippen LogP contribution in [0.15, 0.2) is 54.2 Å². The number of para-hydroxylation sites is 2. The molecule has 1 unspecified atom stereocenters. The number of Topliss-reactive ketones (excluding diaryl/α,β-unsaturated/α-hetero) is 1. The predicted octanol–water partition coefficient (Wildman–Crippen LogP) is 3.63. The summed E-state index contributed by atoms with van der Waals surface area (Å²) in [5.41, 5.74) is 2.35. The summed E-state index contributed by atoms with van der Waals surface area (Å²) in [6, 6.07) is 12.3. The van der Waals surface area contributed by atoms with Crippen molar-refractivity contribution in [2.24, 2.45) is 0 Å². The molecule has 1 aliphatic heterocycles. The molecule has 3 rings (SSSR count). The van der Waals surface area contributed by atoms with Crippen LogP contribution in [0.4, 0.5) is 5.69 Å². The lowest BCUT2D eigenvalue weighted by Gasteiger charge is -2.27. The van der Waals surface area contributed by atoms with Crippen LogP contribution in [0.2, 0.25) is 0 Å². The quantitative estimate of drug-likeness (QED) is 0.663. The zero-order chi connectivity index (χ0) is 17.1. The van der Waals surface area contributed by atoms with E-state index >= 15 is 0 Å². The molecular formula is C19H19NO4. The third kappa shape index (κ3) is 3.12. The molecule has 0 aliphatic carbocycles. The van der Waals surface area contributed by atoms with Crippen molar-refractivity contribution in [3.8, 4) is 11.5 Å². The van der Waals surface area contributed by atoms with Gasteiger partial charge in [0.25, 0.3) is 0 Å². The minimum atomic E-state index is -0.781. The number of benzene rings is 2. The van der Waals surface area contributed by atoms with Crippen LogP contribution in [0.3, 0.4) is 0 Å². The predicted molar refractivity (Wildman–Crippen MR) is 91.4 cm³/mol. The van der Waals surface area contributed by atoms with Gasteiger partial charge in [-0.15, -0.1) is 0 Å². The second-order valence-electron chi connectivity index (χ2n) is 5.50. The van der Waals surface area contributed by atoms with Crippen LogP contribution in [0.1, 0.15) is 22.8 Å². The molecule has 2 aromatic rings. The van der Waals surface area contributed by atoms with Crippen molar-refractivity contribution in [2.45, 2.75) is 20.1 Å². The number of phenols is 1. The van der Waals surface area contributed by atoms with E-state index in [4.69, 9.17) is 9.47 Å². The first-order valence-electron chi connectivity index (χ1n) is 7.78. The molecule has 0 fully saturated rings. The Morgan fingerprint density at radius 1 is 1.29 bits per heavy atom. The molecule has 0 aromatic heterocycles. The molecule has 1 atom stereocenters. The fraction of sp³-hybridized carbons (Fsp3) is 0.211. The van der Waals surface area contributed by atoms with E-state index in [1.165, 1.54) is 6.20 Å². The average molecular weight is 325 g/mol. The number of ketones is 1. The zero-order valence-corrected chi connectivity index (χ0v) is 13.6. The molecule has 24 heavy (non-hydrogen) atoms. The zero-order valence-electron chi connectivity index (χ0n) is 13.6. The molecule has 0 bridgehead atoms. The number of hydrogen-bond acceptors (Lipinski definition) is 5. The van der Waals surface area contributed by atoms with Crippen molar-refractivity contribution >= 4 is 11.5 Å². The van der Waals surface area contributed by atoms with Gasteiger partial charge in [-0.1, -0.05) is 23.8 Å². The number of hydrogen-bond donors (Lipinski definition) is 2. The van der Waals surface area contributed by atoms with Gasteiger partial charge in [0.1, 0.15) is 11.5 Å². The number of phenolic OH excluding ortho intramolecular Hbond substituents is 1. The normalized spacial score (nSPS) is 18.2. The van der Waals surface area contributed by atoms with Gasteiger partial charge in [0.2, 0.25) is 6.29 Å². The summed E-state index contributed by atoms with van der Waals surface area (Å²) >= 11 is 0. The molecule has 2 N–H and O–H groups in total. The Morgan fingerprint density at radius 2 is 2.08 bits per heavy atom. The molecule has 1 aliphatic rings. The molecule has 1 heterocycles. The van der Waals surface area contributed by atoms with Gasteiger partial charge in [-0.2, -0.15) is 0 Å². The van der Waals surface area contributed by atoms with Crippen LogP contribution in [-0.4, -0.2) is 23.8 Å². The minimum absolute atomic E-state index is 0.0998. The van der Waals surface area contributed by atoms with Crippen molar-refractivity contribution in [1.82, 2.24) is 0 Å². The van der Waals surface area contributed by atoms with Gasteiger partial charge in [0.15, 0.2) is 5.78 Å². The highest BCUT2D eigenvalue weighted by Crippen LogP contribution is 2.32. The van der Waals surface area contributed by atoms with Crippen molar-refractivity contribution in [1.29, 1.82) is 0 Å². The average Bonchev–Trinajstić information content (AvgIpc) is 2.57. The number of carbonyl (C=O) groups excluding carboxylic acids is 1. The summed E-state index contributed by atoms with van der Waals surface area (Å²) in [6.45, 7) is 4.17. The van der Waals surface area contributed by atoms with Crippen LogP contribution in [0.5, 0.6) is 11.5 Å². The number of carbonyl (C=O) groups is 1. The number of ether oxygens (including phenoxy) is 2. The van der Waals surface area contributed by atoms with Gasteiger partial charge in [-0.25, -0.2) is 0 Å². The SMILES string of the molecule is CCOC1Oc2ccc(C)cc2C(=O)C1=CNc1ccccc1O. The highest BCUT2D eigenvalue weighted by Gasteiger charge is 2.32. The summed E-state index contributed by atoms with van der Waals surface area (Å²) in [4.78, 5) is 12.8. The third-order valence-electron chi connectivity index (χ3n) is 3.74. The molecule has 0 saturated carbocycles. The van der Waals surface area contributed by atoms with E-state index in [-0.39, 0.29) is 11.5 Å². The standard InChI is InChI=1S/C19H19NO4/c1-3-23-19-14(11-20-15-6-4-5-7-16(15)21)18(22)13-10-12(2)8-9-17(13)24-19/h4-11,19-21H,3H2,1-2H3. The van der Waals surface area contributed by atoms with Crippen LogP contribution in [0.25, 0.3) is 0 Å². The maximum absolute atomic E-state index is 12.8. The first-order valence-corrected chi connectivity index (χ1v) is 7.78. The van der Waals surface area contributed by atoms with Crippen LogP contribution >= 0.6 is 0 Å². The molecular weight excluding hydrogens is 306 g/mol. The van der Waals surface area contributed by atoms with E-state index in [0.717, 1.165) is 5.56 Å². The van der Waals surface area contributed by atoms with E-state index in [9.17, 15) is 9.90 Å². The van der Waals surface area contributed by atoms with E-state index in [2.05, 4.69) is 5.32 Å². The summed E-state index contributed by atoms with van der Waals surface area (Å²) in [7, 11) is 0. The van der Waals surface area contributed by atoms with E-state index < -0.39 is 6.29 Å². The lowest BCUT2D eigenvalue weighted by Crippen LogP contribution is -2.33. The molecule has 0 amide bonds. The molecule has 0 radical (unpaired) electrons. The smallest absolute Gasteiger partial charge is 0.232 e. The Labute approximate surface area is 140 Å². The fourth-order valence-electron chi connectivity index (χ4n) is 2.53. The van der Waals surface area contributed by atoms with E-state index in [1.807, 2.05) is 19.9 Å². The largest absolute Gasteiger partial charge is 0.506 e. The lowest BCUT2D eigenvalue weighted by molar-refractivity contribution is -0.0509. The molecule has 2 aromatic carbocycles. The van der Waals surface area contributed by atoms with Crippen LogP contribution < -0.4 is 10.1 Å². The van der Waals surface area contributed by atoms with Crippen molar-refractivity contribution in [3.63, 3.8) is 0 Å². The number of anilines is 1. The Morgan fingerprint density at radius 3 is 2.83 bits per heavy atom. The Kier molecular flexibility index (Phi) is 4.53. The highest BCUT2D eigenvalue weighted by atomic mass is 16.7. The summed E-state index contributed by atoms with van der Waals surface area (Å²) in [5.74, 6) is 0.466. The van der Waals surface area contributed by atoms with Gasteiger partial charge in [0.05, 0.1) is 16.8 Å². The van der Waals surface area contributed by atoms with Crippen LogP contribution in [-0.2, 0) is 4.74 Å². The first-order chi connectivity index (χ1) is 11.6. The van der Waals surface area contributed by atoms with Gasteiger partial charge in [0, 0.05) is 12.8 Å². The third-order valence-corrected chi connectivity index (χ3v) is 3.74. The minimum Gasteiger partial charge on any atom is -0.506 e. The number of rotatable bonds is 4. The molecule has 124 valence electrons. The summed E-state index contributed by atoms with van der Waals surface area (Å²) < 4.78 is 11.4. The summed E-state index contributed by atoms with van der Waals surface area (Å²) in [6.07, 6.45) is 0.749. The van der Waals surface area contributed by atoms with E-state index in [1.54, 1.807) is 36.4 Å². The Balaban J connectivity index is 1.95. The topological polar surface area (TPSA) is 67.8 Å². The highest BCUT2D eigenvalue weighted by molar-refractivity contribution is 6.12. The Hall–Kier alpha value is -2.79. The van der Waals surface area contributed by atoms with Crippen molar-refractivity contribution in [2.75, 3.05) is 11.9 Å². The maximum Gasteiger partial charge on any atom is 0.232 e. The van der Waals surface area contributed by atoms with Gasteiger partial charge >= 0.3 is 0 Å². The Bertz CT molecular complexity index is 798. The van der Waals surface area contributed by atoms with Crippen molar-refractivity contribution < 1.29 is 19.4 Å². The number of aromatic hydroxyl groups is 1. The number of aryl methyl sites for hydroxylation is 1. The molecule has 5 nitrogen and oxygen atoms in total. The molecule has 0 spiro atoms. The number of nitrogens with one attached hydrogen (secondary N) is 1. The van der Waals surface area contributed by atoms with E-state index in [0.29, 0.717) is 29.2 Å². The van der Waals surface area contributed by atoms with Crippen molar-refractivity contribution in [3.05, 3.63) is 65.4 Å². The monoisotopic (exact) mass is 325 g/mol. The maximum atomic E-state index is 12.8. The summed E-state index contributed by atoms with van der Waals surface area (Å²) in [5, 5.41) is 12.8. The van der Waals surface area contributed by atoms with Gasteiger partial charge in [-0.05, 0) is 38.1 Å². The fourth-order valence-corrected chi connectivity index (χ4v) is 2.53. The second-order valence-corrected chi connectivity index (χ2v) is 5.50. The van der Waals surface area contributed by atoms with Gasteiger partial charge in [-0.3, -0.25) is 4.79 Å². The first kappa shape index (κ1) is 16.1. The lowest BCUT2D eigenvalue weighted by atomic mass is 9.98. The van der Waals surface area contributed by atoms with Crippen LogP contribution in [0, 0.1) is 6.92 Å². The molecule has 5 heteroatoms.